The molecule has 0 saturated carbocycles. The number of carbonyl (C=O) groups excluding carboxylic acids is 1. The Morgan fingerprint density at radius 1 is 1.00 bits per heavy atom. The fourth-order valence-corrected chi connectivity index (χ4v) is 2.19. The molecule has 0 aliphatic carbocycles. The first-order valence-corrected chi connectivity index (χ1v) is 8.14. The Bertz CT molecular complexity index is 308. The third-order valence-electron chi connectivity index (χ3n) is 3.72. The first-order chi connectivity index (χ1) is 9.63. The van der Waals surface area contributed by atoms with Crippen LogP contribution >= 0.6 is 0 Å². The smallest absolute Gasteiger partial charge is 0.120 e. The molecule has 0 spiro atoms. The van der Waals surface area contributed by atoms with Crippen molar-refractivity contribution in [3.05, 3.63) is 0 Å². The Labute approximate surface area is 125 Å². The van der Waals surface area contributed by atoms with Crippen LogP contribution in [0.5, 0.6) is 0 Å². The molecule has 0 radical (unpaired) electrons. The van der Waals surface area contributed by atoms with Gasteiger partial charge in [-0.05, 0) is 39.0 Å². The predicted octanol–water partition coefficient (Wildman–Crippen LogP) is 5.19. The maximum atomic E-state index is 10.3. The van der Waals surface area contributed by atoms with Gasteiger partial charge in [-0.1, -0.05) is 46.0 Å². The molecule has 0 amide bonds. The van der Waals surface area contributed by atoms with Crippen molar-refractivity contribution in [2.75, 3.05) is 0 Å². The van der Waals surface area contributed by atoms with Gasteiger partial charge in [0.25, 0.3) is 0 Å². The molecule has 0 fully saturated rings. The lowest BCUT2D eigenvalue weighted by molar-refractivity contribution is -0.107. The van der Waals surface area contributed by atoms with Gasteiger partial charge in [0.1, 0.15) is 6.29 Å². The number of aldehydes is 1. The van der Waals surface area contributed by atoms with Gasteiger partial charge < -0.3 is 4.79 Å². The molecule has 0 rings (SSSR count). The van der Waals surface area contributed by atoms with Gasteiger partial charge in [-0.3, -0.25) is 0 Å². The van der Waals surface area contributed by atoms with Crippen molar-refractivity contribution >= 4 is 17.7 Å². The molecule has 0 aromatic carbocycles. The van der Waals surface area contributed by atoms with Crippen molar-refractivity contribution in [1.29, 1.82) is 0 Å². The summed E-state index contributed by atoms with van der Waals surface area (Å²) >= 11 is 0. The van der Waals surface area contributed by atoms with Gasteiger partial charge in [0.05, 0.1) is 0 Å². The van der Waals surface area contributed by atoms with Gasteiger partial charge >= 0.3 is 0 Å². The predicted molar refractivity (Wildman–Crippen MR) is 88.7 cm³/mol. The number of unbranched alkanes of at least 4 members (excludes halogenated alkanes) is 2. The van der Waals surface area contributed by atoms with Gasteiger partial charge in [0.15, 0.2) is 0 Å². The Morgan fingerprint density at radius 3 is 2.20 bits per heavy atom. The number of rotatable bonds is 12. The monoisotopic (exact) mass is 280 g/mol. The van der Waals surface area contributed by atoms with Crippen molar-refractivity contribution in [3.8, 4) is 0 Å². The van der Waals surface area contributed by atoms with Crippen LogP contribution in [0.15, 0.2) is 10.2 Å². The number of hydrogen-bond acceptors (Lipinski definition) is 3. The fourth-order valence-electron chi connectivity index (χ4n) is 2.19. The first kappa shape index (κ1) is 19.0. The quantitative estimate of drug-likeness (QED) is 0.210. The normalized spacial score (nSPS) is 14.4. The van der Waals surface area contributed by atoms with Crippen LogP contribution in [0.3, 0.4) is 0 Å². The zero-order valence-corrected chi connectivity index (χ0v) is 13.8. The van der Waals surface area contributed by atoms with Gasteiger partial charge in [0, 0.05) is 17.8 Å². The zero-order valence-electron chi connectivity index (χ0n) is 13.8. The average molecular weight is 280 g/mol. The van der Waals surface area contributed by atoms with Crippen LogP contribution in [0.25, 0.3) is 0 Å². The Balaban J connectivity index is 4.04. The third-order valence-corrected chi connectivity index (χ3v) is 3.72. The van der Waals surface area contributed by atoms with Crippen molar-refractivity contribution < 1.29 is 4.79 Å². The Kier molecular flexibility index (Phi) is 12.4. The lowest BCUT2D eigenvalue weighted by Gasteiger charge is -2.13. The van der Waals surface area contributed by atoms with E-state index in [2.05, 4.69) is 31.0 Å². The van der Waals surface area contributed by atoms with E-state index in [9.17, 15) is 4.79 Å². The maximum Gasteiger partial charge on any atom is 0.120 e. The highest BCUT2D eigenvalue weighted by molar-refractivity contribution is 5.86. The van der Waals surface area contributed by atoms with Crippen LogP contribution in [-0.4, -0.2) is 17.7 Å². The van der Waals surface area contributed by atoms with E-state index in [-0.39, 0.29) is 0 Å². The van der Waals surface area contributed by atoms with Gasteiger partial charge in [-0.15, -0.1) is 0 Å². The van der Waals surface area contributed by atoms with Crippen LogP contribution in [-0.2, 0) is 4.79 Å². The molecule has 1 unspecified atom stereocenters. The molecule has 3 nitrogen and oxygen atoms in total. The second-order valence-corrected chi connectivity index (χ2v) is 5.68. The van der Waals surface area contributed by atoms with E-state index >= 15 is 0 Å². The maximum absolute atomic E-state index is 10.3. The number of carbonyl (C=O) groups is 1. The van der Waals surface area contributed by atoms with Crippen molar-refractivity contribution in [2.24, 2.45) is 16.1 Å². The average Bonchev–Trinajstić information content (AvgIpc) is 2.46. The molecule has 116 valence electrons. The van der Waals surface area contributed by atoms with Gasteiger partial charge in [0.2, 0.25) is 0 Å². The third kappa shape index (κ3) is 10.9. The van der Waals surface area contributed by atoms with Crippen LogP contribution in [0, 0.1) is 5.92 Å². The van der Waals surface area contributed by atoms with Crippen molar-refractivity contribution in [3.63, 3.8) is 0 Å². The van der Waals surface area contributed by atoms with E-state index < -0.39 is 0 Å². The summed E-state index contributed by atoms with van der Waals surface area (Å²) < 4.78 is 0. The molecular formula is C17H32N2O. The lowest BCUT2D eigenvalue weighted by Crippen LogP contribution is -2.02. The van der Waals surface area contributed by atoms with E-state index in [0.29, 0.717) is 6.42 Å². The molecule has 0 aliphatic heterocycles. The summed E-state index contributed by atoms with van der Waals surface area (Å²) in [4.78, 5) is 10.3. The van der Waals surface area contributed by atoms with E-state index in [1.54, 1.807) is 0 Å². The molecule has 0 N–H and O–H groups in total. The zero-order chi connectivity index (χ0) is 15.2. The van der Waals surface area contributed by atoms with E-state index in [0.717, 1.165) is 36.5 Å². The van der Waals surface area contributed by atoms with Crippen LogP contribution in [0.1, 0.15) is 85.5 Å². The molecule has 0 saturated heterocycles. The van der Waals surface area contributed by atoms with E-state index in [1.807, 2.05) is 6.92 Å². The summed E-state index contributed by atoms with van der Waals surface area (Å²) in [5.41, 5.74) is 2.04. The van der Waals surface area contributed by atoms with Gasteiger partial charge in [-0.2, -0.15) is 10.2 Å². The first-order valence-electron chi connectivity index (χ1n) is 8.14. The molecule has 0 heterocycles. The van der Waals surface area contributed by atoms with Crippen LogP contribution in [0.4, 0.5) is 0 Å². The Hall–Kier alpha value is -0.990. The molecular weight excluding hydrogens is 248 g/mol. The van der Waals surface area contributed by atoms with Crippen LogP contribution < -0.4 is 0 Å². The molecule has 3 heteroatoms. The summed E-state index contributed by atoms with van der Waals surface area (Å²) in [6.07, 6.45) is 11.1. The highest BCUT2D eigenvalue weighted by atomic mass is 16.1. The fraction of sp³-hybridized carbons (Fsp3) is 0.824. The topological polar surface area (TPSA) is 41.8 Å². The van der Waals surface area contributed by atoms with E-state index in [1.165, 1.54) is 38.5 Å². The second kappa shape index (κ2) is 13.0. The minimum absolute atomic E-state index is 0.541. The second-order valence-electron chi connectivity index (χ2n) is 5.68. The highest BCUT2D eigenvalue weighted by Crippen LogP contribution is 2.19. The summed E-state index contributed by atoms with van der Waals surface area (Å²) in [6, 6.07) is 0. The minimum atomic E-state index is 0.541. The largest absolute Gasteiger partial charge is 0.303 e. The Morgan fingerprint density at radius 2 is 1.65 bits per heavy atom. The van der Waals surface area contributed by atoms with E-state index in [4.69, 9.17) is 0 Å². The lowest BCUT2D eigenvalue weighted by atomic mass is 9.93. The summed E-state index contributed by atoms with van der Waals surface area (Å²) in [5.74, 6) is 0.826. The number of nitrogens with zero attached hydrogens (tertiary/aromatic N) is 2. The van der Waals surface area contributed by atoms with Crippen molar-refractivity contribution in [2.45, 2.75) is 85.5 Å². The standard InChI is InChI=1S/C17H32N2O/c1-5-7-8-11-17(6-2)13-12-16(4)19-18-15(3)10-9-14-20/h14,17H,5-13H2,1-4H3/b18-15+,19-16+. The molecule has 1 atom stereocenters. The highest BCUT2D eigenvalue weighted by Gasteiger charge is 2.06. The minimum Gasteiger partial charge on any atom is -0.303 e. The summed E-state index contributed by atoms with van der Waals surface area (Å²) in [7, 11) is 0. The van der Waals surface area contributed by atoms with Crippen molar-refractivity contribution in [1.82, 2.24) is 0 Å². The molecule has 0 aromatic rings. The molecule has 20 heavy (non-hydrogen) atoms. The molecule has 0 bridgehead atoms. The molecule has 0 aliphatic rings. The number of hydrogen-bond donors (Lipinski definition) is 0. The van der Waals surface area contributed by atoms with Crippen LogP contribution in [0.2, 0.25) is 0 Å². The SMILES string of the molecule is CCCCCC(CC)CC/C(C)=N/N=C(\C)CCC=O. The summed E-state index contributed by atoms with van der Waals surface area (Å²) in [5, 5.41) is 8.45. The van der Waals surface area contributed by atoms with Gasteiger partial charge in [-0.25, -0.2) is 0 Å². The molecule has 0 aromatic heterocycles. The summed E-state index contributed by atoms with van der Waals surface area (Å²) in [6.45, 7) is 8.52.